The number of alkyl halides is 2. The normalized spacial score (nSPS) is 18.7. The number of nitrogens with two attached hydrogens (primary N) is 1. The summed E-state index contributed by atoms with van der Waals surface area (Å²) in [6.45, 7) is -0.0604. The first kappa shape index (κ1) is 15.1. The van der Waals surface area contributed by atoms with Crippen molar-refractivity contribution in [3.63, 3.8) is 0 Å². The highest BCUT2D eigenvalue weighted by Gasteiger charge is 2.30. The first-order valence-electron chi connectivity index (χ1n) is 6.11. The summed E-state index contributed by atoms with van der Waals surface area (Å²) in [5.41, 5.74) is 5.62. The summed E-state index contributed by atoms with van der Waals surface area (Å²) >= 11 is 0. The van der Waals surface area contributed by atoms with Crippen LogP contribution in [0.5, 0.6) is 5.75 Å². The lowest BCUT2D eigenvalue weighted by atomic mass is 10.1. The Bertz CT molecular complexity index is 605. The lowest BCUT2D eigenvalue weighted by Crippen LogP contribution is -2.41. The Labute approximate surface area is 116 Å². The monoisotopic (exact) mass is 306 g/mol. The number of ether oxygens (including phenoxy) is 1. The number of hydrogen-bond donors (Lipinski definition) is 2. The second-order valence-electron chi connectivity index (χ2n) is 4.79. The zero-order chi connectivity index (χ0) is 15.0. The third-order valence-electron chi connectivity index (χ3n) is 3.00. The van der Waals surface area contributed by atoms with E-state index < -0.39 is 29.0 Å². The molecule has 5 nitrogen and oxygen atoms in total. The van der Waals surface area contributed by atoms with E-state index in [2.05, 4.69) is 0 Å². The molecule has 1 aliphatic heterocycles. The van der Waals surface area contributed by atoms with Gasteiger partial charge in [-0.05, 0) is 30.7 Å². The van der Waals surface area contributed by atoms with Gasteiger partial charge in [-0.1, -0.05) is 0 Å². The van der Waals surface area contributed by atoms with Crippen molar-refractivity contribution in [1.29, 1.82) is 0 Å². The maximum absolute atomic E-state index is 13.0. The maximum Gasteiger partial charge on any atom is 0.273 e. The van der Waals surface area contributed by atoms with Crippen LogP contribution in [0.25, 0.3) is 0 Å². The Morgan fingerprint density at radius 3 is 2.85 bits per heavy atom. The molecule has 1 heterocycles. The molecule has 112 valence electrons. The third-order valence-corrected chi connectivity index (χ3v) is 4.40. The zero-order valence-electron chi connectivity index (χ0n) is 10.9. The number of hydrogen-bond acceptors (Lipinski definition) is 4. The van der Waals surface area contributed by atoms with E-state index in [1.807, 2.05) is 11.6 Å². The molecule has 0 radical (unpaired) electrons. The third kappa shape index (κ3) is 3.25. The highest BCUT2D eigenvalue weighted by atomic mass is 32.2. The second-order valence-corrected chi connectivity index (χ2v) is 6.55. The molecule has 1 aliphatic rings. The average Bonchev–Trinajstić information content (AvgIpc) is 2.76. The number of fused-ring (bicyclic) bond motifs is 1. The smallest absolute Gasteiger partial charge is 0.273 e. The van der Waals surface area contributed by atoms with Gasteiger partial charge in [0.25, 0.3) is 5.92 Å². The maximum atomic E-state index is 13.0. The topological polar surface area (TPSA) is 81.4 Å². The molecule has 0 saturated carbocycles. The van der Waals surface area contributed by atoms with Gasteiger partial charge in [-0.2, -0.15) is 0 Å². The van der Waals surface area contributed by atoms with Crippen LogP contribution in [0, 0.1) is 0 Å². The summed E-state index contributed by atoms with van der Waals surface area (Å²) in [4.78, 5) is -0.0539. The van der Waals surface area contributed by atoms with Crippen molar-refractivity contribution in [3.05, 3.63) is 23.8 Å². The fourth-order valence-corrected chi connectivity index (χ4v) is 3.03. The molecule has 1 unspecified atom stereocenters. The molecule has 0 aromatic heterocycles. The van der Waals surface area contributed by atoms with Gasteiger partial charge in [-0.3, -0.25) is 0 Å². The van der Waals surface area contributed by atoms with Gasteiger partial charge >= 0.3 is 0 Å². The van der Waals surface area contributed by atoms with E-state index in [1.165, 1.54) is 18.2 Å². The van der Waals surface area contributed by atoms with Crippen LogP contribution in [0.3, 0.4) is 0 Å². The van der Waals surface area contributed by atoms with E-state index >= 15 is 0 Å². The second kappa shape index (κ2) is 5.27. The van der Waals surface area contributed by atoms with Crippen molar-refractivity contribution in [2.75, 3.05) is 13.1 Å². The van der Waals surface area contributed by atoms with E-state index in [1.54, 1.807) is 0 Å². The summed E-state index contributed by atoms with van der Waals surface area (Å²) in [7, 11) is -3.98. The van der Waals surface area contributed by atoms with Crippen molar-refractivity contribution < 1.29 is 21.9 Å². The number of halogens is 2. The van der Waals surface area contributed by atoms with Crippen molar-refractivity contribution in [2.24, 2.45) is 5.73 Å². The molecule has 1 aromatic carbocycles. The molecule has 0 saturated heterocycles. The molecule has 0 amide bonds. The van der Waals surface area contributed by atoms with Crippen LogP contribution in [0.2, 0.25) is 0 Å². The largest absolute Gasteiger partial charge is 0.490 e. The molecule has 20 heavy (non-hydrogen) atoms. The SMILES string of the molecule is CC1Cc2cc(S(=O)(=O)NCC(F)(F)CN)ccc2O1. The number of sulfonamides is 1. The molecule has 2 rings (SSSR count). The van der Waals surface area contributed by atoms with Crippen LogP contribution < -0.4 is 15.2 Å². The van der Waals surface area contributed by atoms with Gasteiger partial charge in [-0.25, -0.2) is 21.9 Å². The van der Waals surface area contributed by atoms with E-state index in [4.69, 9.17) is 10.5 Å². The quantitative estimate of drug-likeness (QED) is 0.846. The lowest BCUT2D eigenvalue weighted by Gasteiger charge is -2.15. The van der Waals surface area contributed by atoms with Crippen LogP contribution in [-0.4, -0.2) is 33.5 Å². The summed E-state index contributed by atoms with van der Waals surface area (Å²) in [5, 5.41) is 0. The van der Waals surface area contributed by atoms with Crippen molar-refractivity contribution in [3.8, 4) is 5.75 Å². The van der Waals surface area contributed by atoms with Crippen LogP contribution in [0.15, 0.2) is 23.1 Å². The first-order valence-corrected chi connectivity index (χ1v) is 7.59. The van der Waals surface area contributed by atoms with Gasteiger partial charge in [0.1, 0.15) is 11.9 Å². The van der Waals surface area contributed by atoms with E-state index in [9.17, 15) is 17.2 Å². The molecular weight excluding hydrogens is 290 g/mol. The molecule has 1 atom stereocenters. The molecule has 1 aromatic rings. The molecule has 0 fully saturated rings. The van der Waals surface area contributed by atoms with Gasteiger partial charge in [0.2, 0.25) is 10.0 Å². The van der Waals surface area contributed by atoms with Crippen molar-refractivity contribution in [1.82, 2.24) is 4.72 Å². The highest BCUT2D eigenvalue weighted by molar-refractivity contribution is 7.89. The van der Waals surface area contributed by atoms with Gasteiger partial charge in [-0.15, -0.1) is 0 Å². The molecule has 0 aliphatic carbocycles. The summed E-state index contributed by atoms with van der Waals surface area (Å²) in [6, 6.07) is 4.32. The molecule has 8 heteroatoms. The van der Waals surface area contributed by atoms with Crippen LogP contribution in [-0.2, 0) is 16.4 Å². The predicted octanol–water partition coefficient (Wildman–Crippen LogP) is 0.882. The number of nitrogens with one attached hydrogen (secondary N) is 1. The lowest BCUT2D eigenvalue weighted by molar-refractivity contribution is 0.0170. The Kier molecular flexibility index (Phi) is 3.99. The van der Waals surface area contributed by atoms with Crippen LogP contribution >= 0.6 is 0 Å². The Balaban J connectivity index is 2.17. The van der Waals surface area contributed by atoms with Gasteiger partial charge in [0.05, 0.1) is 18.0 Å². The Hall–Kier alpha value is -1.25. The minimum absolute atomic E-state index is 0.0162. The van der Waals surface area contributed by atoms with Crippen LogP contribution in [0.4, 0.5) is 8.78 Å². The molecule has 3 N–H and O–H groups in total. The van der Waals surface area contributed by atoms with Gasteiger partial charge in [0.15, 0.2) is 0 Å². The Morgan fingerprint density at radius 1 is 1.50 bits per heavy atom. The van der Waals surface area contributed by atoms with Gasteiger partial charge in [0, 0.05) is 6.42 Å². The summed E-state index contributed by atoms with van der Waals surface area (Å²) < 4.78 is 57.2. The Morgan fingerprint density at radius 2 is 2.20 bits per heavy atom. The minimum Gasteiger partial charge on any atom is -0.490 e. The van der Waals surface area contributed by atoms with Crippen molar-refractivity contribution >= 4 is 10.0 Å². The average molecular weight is 306 g/mol. The summed E-state index contributed by atoms with van der Waals surface area (Å²) in [5.74, 6) is -2.63. The number of benzene rings is 1. The summed E-state index contributed by atoms with van der Waals surface area (Å²) in [6.07, 6.45) is 0.579. The molecular formula is C12H16F2N2O3S. The fourth-order valence-electron chi connectivity index (χ4n) is 1.92. The minimum atomic E-state index is -3.98. The predicted molar refractivity (Wildman–Crippen MR) is 69.4 cm³/mol. The first-order chi connectivity index (χ1) is 9.23. The zero-order valence-corrected chi connectivity index (χ0v) is 11.7. The standard InChI is InChI=1S/C12H16F2N2O3S/c1-8-4-9-5-10(2-3-11(9)19-8)20(17,18)16-7-12(13,14)6-15/h2-3,5,8,16H,4,6-7,15H2,1H3. The molecule has 0 bridgehead atoms. The van der Waals surface area contributed by atoms with E-state index in [0.717, 1.165) is 5.56 Å². The molecule has 0 spiro atoms. The van der Waals surface area contributed by atoms with E-state index in [-0.39, 0.29) is 11.0 Å². The highest BCUT2D eigenvalue weighted by Crippen LogP contribution is 2.30. The van der Waals surface area contributed by atoms with Gasteiger partial charge < -0.3 is 10.5 Å². The number of rotatable bonds is 5. The van der Waals surface area contributed by atoms with Crippen molar-refractivity contribution in [2.45, 2.75) is 30.3 Å². The van der Waals surface area contributed by atoms with E-state index in [0.29, 0.717) is 12.2 Å². The van der Waals surface area contributed by atoms with Crippen LogP contribution in [0.1, 0.15) is 12.5 Å². The fraction of sp³-hybridized carbons (Fsp3) is 0.500.